The highest BCUT2D eigenvalue weighted by Crippen LogP contribution is 2.18. The fourth-order valence-corrected chi connectivity index (χ4v) is 1.84. The normalized spacial score (nSPS) is 23.6. The topological polar surface area (TPSA) is 83.6 Å². The highest BCUT2D eigenvalue weighted by atomic mass is 16.4. The van der Waals surface area contributed by atoms with Crippen molar-refractivity contribution in [3.63, 3.8) is 0 Å². The van der Waals surface area contributed by atoms with Gasteiger partial charge in [0.15, 0.2) is 0 Å². The molecule has 1 aliphatic rings. The minimum atomic E-state index is -0.939. The number of hydrogen-bond donors (Lipinski definition) is 2. The van der Waals surface area contributed by atoms with Crippen LogP contribution in [-0.4, -0.2) is 40.5 Å². The second-order valence-corrected chi connectivity index (χ2v) is 4.41. The first-order chi connectivity index (χ1) is 6.93. The van der Waals surface area contributed by atoms with Gasteiger partial charge < -0.3 is 15.7 Å². The smallest absolute Gasteiger partial charge is 0.326 e. The maximum atomic E-state index is 11.6. The molecule has 1 aliphatic heterocycles. The maximum absolute atomic E-state index is 11.6. The zero-order valence-electron chi connectivity index (χ0n) is 9.14. The molecule has 1 amide bonds. The van der Waals surface area contributed by atoms with E-state index >= 15 is 0 Å². The summed E-state index contributed by atoms with van der Waals surface area (Å²) in [6, 6.07) is -1.23. The Balaban J connectivity index is 2.72. The van der Waals surface area contributed by atoms with Crippen LogP contribution >= 0.6 is 0 Å². The lowest BCUT2D eigenvalue weighted by Crippen LogP contribution is -2.45. The molecule has 0 spiro atoms. The van der Waals surface area contributed by atoms with E-state index in [2.05, 4.69) is 0 Å². The molecule has 86 valence electrons. The molecule has 5 nitrogen and oxygen atoms in total. The second-order valence-electron chi connectivity index (χ2n) is 4.41. The van der Waals surface area contributed by atoms with Gasteiger partial charge in [0.05, 0.1) is 6.04 Å². The van der Waals surface area contributed by atoms with Gasteiger partial charge in [0.1, 0.15) is 6.04 Å². The van der Waals surface area contributed by atoms with Gasteiger partial charge in [-0.05, 0) is 18.8 Å². The van der Waals surface area contributed by atoms with E-state index in [4.69, 9.17) is 10.8 Å². The lowest BCUT2D eigenvalue weighted by molar-refractivity contribution is -0.149. The van der Waals surface area contributed by atoms with Gasteiger partial charge in [-0.15, -0.1) is 0 Å². The van der Waals surface area contributed by atoms with Crippen molar-refractivity contribution in [2.24, 2.45) is 11.7 Å². The van der Waals surface area contributed by atoms with Crippen LogP contribution in [0.1, 0.15) is 26.7 Å². The second kappa shape index (κ2) is 4.61. The molecule has 0 aliphatic carbocycles. The van der Waals surface area contributed by atoms with Crippen molar-refractivity contribution in [1.29, 1.82) is 0 Å². The third kappa shape index (κ3) is 2.68. The molecule has 5 heteroatoms. The van der Waals surface area contributed by atoms with Gasteiger partial charge in [0.2, 0.25) is 5.91 Å². The van der Waals surface area contributed by atoms with Crippen LogP contribution in [0.4, 0.5) is 0 Å². The van der Waals surface area contributed by atoms with Crippen LogP contribution in [0.15, 0.2) is 0 Å². The number of carboxylic acids is 1. The molecule has 1 rings (SSSR count). The summed E-state index contributed by atoms with van der Waals surface area (Å²) >= 11 is 0. The fraction of sp³-hybridized carbons (Fsp3) is 0.800. The number of likely N-dealkylation sites (tertiary alicyclic amines) is 1. The van der Waals surface area contributed by atoms with E-state index in [0.717, 1.165) is 0 Å². The monoisotopic (exact) mass is 214 g/mol. The third-order valence-corrected chi connectivity index (χ3v) is 2.64. The number of nitrogens with zero attached hydrogens (tertiary/aromatic N) is 1. The minimum Gasteiger partial charge on any atom is -0.480 e. The summed E-state index contributed by atoms with van der Waals surface area (Å²) in [4.78, 5) is 24.0. The number of carbonyl (C=O) groups is 2. The molecule has 0 aromatic heterocycles. The van der Waals surface area contributed by atoms with E-state index in [0.29, 0.717) is 19.4 Å². The standard InChI is InChI=1S/C10H18N2O3/c1-6(2)5-8(10(14)15)12-4-3-7(11)9(12)13/h6-8H,3-5,11H2,1-2H3,(H,14,15)/t7-,8?/m1/s1. The third-order valence-electron chi connectivity index (χ3n) is 2.64. The van der Waals surface area contributed by atoms with Gasteiger partial charge >= 0.3 is 5.97 Å². The van der Waals surface area contributed by atoms with Crippen molar-refractivity contribution in [1.82, 2.24) is 4.90 Å². The predicted octanol–water partition coefficient (Wildman–Crippen LogP) is 0.0453. The zero-order valence-corrected chi connectivity index (χ0v) is 9.14. The molecule has 1 saturated heterocycles. The molecular formula is C10H18N2O3. The summed E-state index contributed by atoms with van der Waals surface area (Å²) in [5.74, 6) is -0.926. The Kier molecular flexibility index (Phi) is 3.68. The molecule has 0 aromatic rings. The summed E-state index contributed by atoms with van der Waals surface area (Å²) in [7, 11) is 0. The molecule has 1 fully saturated rings. The summed E-state index contributed by atoms with van der Waals surface area (Å²) in [5, 5.41) is 9.05. The first-order valence-corrected chi connectivity index (χ1v) is 5.22. The van der Waals surface area contributed by atoms with Crippen LogP contribution in [0, 0.1) is 5.92 Å². The average Bonchev–Trinajstić information content (AvgIpc) is 2.44. The Bertz CT molecular complexity index is 265. The number of carbonyl (C=O) groups excluding carboxylic acids is 1. The number of rotatable bonds is 4. The minimum absolute atomic E-state index is 0.233. The van der Waals surface area contributed by atoms with Gasteiger partial charge in [-0.25, -0.2) is 4.79 Å². The quantitative estimate of drug-likeness (QED) is 0.692. The molecule has 3 N–H and O–H groups in total. The van der Waals surface area contributed by atoms with Gasteiger partial charge in [-0.3, -0.25) is 4.79 Å². The van der Waals surface area contributed by atoms with Gasteiger partial charge in [0.25, 0.3) is 0 Å². The van der Waals surface area contributed by atoms with Crippen LogP contribution in [0.3, 0.4) is 0 Å². The largest absolute Gasteiger partial charge is 0.480 e. The first-order valence-electron chi connectivity index (χ1n) is 5.22. The average molecular weight is 214 g/mol. The Morgan fingerprint density at radius 2 is 2.27 bits per heavy atom. The lowest BCUT2D eigenvalue weighted by atomic mass is 10.0. The molecule has 2 atom stereocenters. The number of carboxylic acid groups (broad SMARTS) is 1. The van der Waals surface area contributed by atoms with Crippen molar-refractivity contribution >= 4 is 11.9 Å². The van der Waals surface area contributed by atoms with Crippen molar-refractivity contribution < 1.29 is 14.7 Å². The van der Waals surface area contributed by atoms with Crippen molar-refractivity contribution in [3.05, 3.63) is 0 Å². The lowest BCUT2D eigenvalue weighted by Gasteiger charge is -2.25. The van der Waals surface area contributed by atoms with E-state index in [-0.39, 0.29) is 11.8 Å². The predicted molar refractivity (Wildman–Crippen MR) is 55.2 cm³/mol. The van der Waals surface area contributed by atoms with Gasteiger partial charge in [-0.1, -0.05) is 13.8 Å². The summed E-state index contributed by atoms with van der Waals surface area (Å²) in [6.45, 7) is 4.34. The highest BCUT2D eigenvalue weighted by molar-refractivity contribution is 5.88. The number of nitrogens with two attached hydrogens (primary N) is 1. The van der Waals surface area contributed by atoms with E-state index in [1.54, 1.807) is 0 Å². The van der Waals surface area contributed by atoms with Crippen molar-refractivity contribution in [3.8, 4) is 0 Å². The molecule has 0 saturated carbocycles. The Morgan fingerprint density at radius 1 is 1.67 bits per heavy atom. The molecule has 0 aromatic carbocycles. The molecule has 1 unspecified atom stereocenters. The SMILES string of the molecule is CC(C)CC(C(=O)O)N1CC[C@@H](N)C1=O. The van der Waals surface area contributed by atoms with E-state index in [1.165, 1.54) is 4.90 Å². The number of aliphatic carboxylic acids is 1. The molecule has 0 radical (unpaired) electrons. The molecule has 0 bridgehead atoms. The molecule has 1 heterocycles. The van der Waals surface area contributed by atoms with Crippen LogP contribution in [0.5, 0.6) is 0 Å². The Morgan fingerprint density at radius 3 is 2.60 bits per heavy atom. The number of amides is 1. The first kappa shape index (κ1) is 12.0. The van der Waals surface area contributed by atoms with Crippen molar-refractivity contribution in [2.75, 3.05) is 6.54 Å². The van der Waals surface area contributed by atoms with E-state index in [1.807, 2.05) is 13.8 Å². The maximum Gasteiger partial charge on any atom is 0.326 e. The van der Waals surface area contributed by atoms with E-state index in [9.17, 15) is 9.59 Å². The van der Waals surface area contributed by atoms with Crippen molar-refractivity contribution in [2.45, 2.75) is 38.8 Å². The molecular weight excluding hydrogens is 196 g/mol. The van der Waals surface area contributed by atoms with Crippen LogP contribution < -0.4 is 5.73 Å². The van der Waals surface area contributed by atoms with Gasteiger partial charge in [-0.2, -0.15) is 0 Å². The zero-order chi connectivity index (χ0) is 11.6. The summed E-state index contributed by atoms with van der Waals surface area (Å²) in [6.07, 6.45) is 1.04. The Hall–Kier alpha value is -1.10. The van der Waals surface area contributed by atoms with Crippen LogP contribution in [0.25, 0.3) is 0 Å². The molecule has 15 heavy (non-hydrogen) atoms. The van der Waals surface area contributed by atoms with Gasteiger partial charge in [0, 0.05) is 6.54 Å². The summed E-state index contributed by atoms with van der Waals surface area (Å²) in [5.41, 5.74) is 5.55. The van der Waals surface area contributed by atoms with Crippen LogP contribution in [0.2, 0.25) is 0 Å². The number of hydrogen-bond acceptors (Lipinski definition) is 3. The van der Waals surface area contributed by atoms with Crippen LogP contribution in [-0.2, 0) is 9.59 Å². The Labute approximate surface area is 89.2 Å². The fourth-order valence-electron chi connectivity index (χ4n) is 1.84. The highest BCUT2D eigenvalue weighted by Gasteiger charge is 2.37. The summed E-state index contributed by atoms with van der Waals surface area (Å²) < 4.78 is 0. The van der Waals surface area contributed by atoms with E-state index < -0.39 is 18.1 Å².